The zero-order valence-electron chi connectivity index (χ0n) is 15.7. The van der Waals surface area contributed by atoms with Crippen LogP contribution < -0.4 is 0 Å². The molecule has 0 aromatic rings. The minimum atomic E-state index is 0. The van der Waals surface area contributed by atoms with Crippen molar-refractivity contribution in [3.8, 4) is 0 Å². The molecule has 132 valence electrons. The third kappa shape index (κ3) is 6.07. The monoisotopic (exact) mass is 484 g/mol. The van der Waals surface area contributed by atoms with Crippen LogP contribution in [-0.4, -0.2) is 0 Å². The second-order valence-electron chi connectivity index (χ2n) is 6.46. The van der Waals surface area contributed by atoms with Gasteiger partial charge in [0.1, 0.15) is 0 Å². The topological polar surface area (TPSA) is 0 Å². The van der Waals surface area contributed by atoms with E-state index < -0.39 is 0 Å². The predicted molar refractivity (Wildman–Crippen MR) is 113 cm³/mol. The van der Waals surface area contributed by atoms with Gasteiger partial charge in [0.2, 0.25) is 0 Å². The Kier molecular flexibility index (Phi) is 9.35. The number of rotatable bonds is 0. The van der Waals surface area contributed by atoms with Gasteiger partial charge in [-0.3, -0.25) is 0 Å². The Morgan fingerprint density at radius 3 is 0.643 bits per heavy atom. The number of fused-ring (bicyclic) bond motifs is 3. The minimum Gasteiger partial charge on any atom is -0.0762 e. The van der Waals surface area contributed by atoms with Crippen LogP contribution >= 0.6 is 0 Å². The van der Waals surface area contributed by atoms with Gasteiger partial charge in [0.05, 0.1) is 0 Å². The summed E-state index contributed by atoms with van der Waals surface area (Å²) in [5, 5.41) is 0. The van der Waals surface area contributed by atoms with Crippen LogP contribution in [-0.2, 0) is 0 Å². The molecule has 0 amide bonds. The molecule has 0 bridgehead atoms. The summed E-state index contributed by atoms with van der Waals surface area (Å²) in [6, 6.07) is 0. The summed E-state index contributed by atoms with van der Waals surface area (Å²) >= 11 is 0. The molecular formula is C27H21La. The maximum absolute atomic E-state index is 2.12. The Bertz CT molecular complexity index is 503. The third-order valence-corrected chi connectivity index (χ3v) is 4.64. The quantitative estimate of drug-likeness (QED) is 0.416. The number of allylic oxidation sites excluding steroid dienone is 12. The van der Waals surface area contributed by atoms with Crippen LogP contribution in [0.2, 0.25) is 0 Å². The molecule has 16 radical (unpaired) electrons. The van der Waals surface area contributed by atoms with E-state index in [0.29, 0.717) is 0 Å². The maximum atomic E-state index is 2.12. The Morgan fingerprint density at radius 2 is 0.464 bits per heavy atom. The van der Waals surface area contributed by atoms with Crippen LogP contribution in [0.4, 0.5) is 0 Å². The molecule has 0 saturated heterocycles. The summed E-state index contributed by atoms with van der Waals surface area (Å²) in [6.07, 6.45) is 44.0. The van der Waals surface area contributed by atoms with Crippen LogP contribution in [0, 0.1) is 129 Å². The van der Waals surface area contributed by atoms with E-state index in [9.17, 15) is 0 Å². The van der Waals surface area contributed by atoms with Gasteiger partial charge in [-0.15, -0.1) is 0 Å². The van der Waals surface area contributed by atoms with Gasteiger partial charge in [-0.25, -0.2) is 0 Å². The first kappa shape index (κ1) is 22.3. The summed E-state index contributed by atoms with van der Waals surface area (Å²) in [7, 11) is 0. The molecule has 0 spiro atoms. The van der Waals surface area contributed by atoms with E-state index in [4.69, 9.17) is 0 Å². The second-order valence-corrected chi connectivity index (χ2v) is 6.46. The van der Waals surface area contributed by atoms with Gasteiger partial charge in [-0.2, -0.15) is 0 Å². The molecule has 28 heavy (non-hydrogen) atoms. The Morgan fingerprint density at radius 1 is 0.286 bits per heavy atom. The summed E-state index contributed by atoms with van der Waals surface area (Å²) < 4.78 is 0. The van der Waals surface area contributed by atoms with E-state index in [-0.39, 0.29) is 35.6 Å². The average Bonchev–Trinajstić information content (AvgIpc) is 3.48. The van der Waals surface area contributed by atoms with Gasteiger partial charge in [-0.1, -0.05) is 72.9 Å². The van der Waals surface area contributed by atoms with E-state index in [1.165, 1.54) is 35.5 Å². The van der Waals surface area contributed by atoms with Crippen LogP contribution in [0.5, 0.6) is 0 Å². The van der Waals surface area contributed by atoms with Gasteiger partial charge in [0.15, 0.2) is 0 Å². The zero-order valence-corrected chi connectivity index (χ0v) is 19.3. The summed E-state index contributed by atoms with van der Waals surface area (Å²) in [5.74, 6) is 7.99. The second kappa shape index (κ2) is 11.7. The SMILES string of the molecule is [CH]1[CH][C]2C=CC=C[C]2[CH]1.[CH]1[CH][C]2C=CC=C[C]2[CH]1.[CH]1[CH][C]2C=CC=C[C]2[CH]1.[La]. The molecule has 0 atom stereocenters. The molecule has 1 heteroatoms. The first-order chi connectivity index (χ1) is 13.4. The summed E-state index contributed by atoms with van der Waals surface area (Å²) in [5.41, 5.74) is 0. The maximum Gasteiger partial charge on any atom is 0.0124 e. The molecule has 3 fully saturated rings. The molecule has 0 heterocycles. The summed E-state index contributed by atoms with van der Waals surface area (Å²) in [4.78, 5) is 0. The summed E-state index contributed by atoms with van der Waals surface area (Å²) in [6.45, 7) is 0. The van der Waals surface area contributed by atoms with Crippen molar-refractivity contribution in [1.29, 1.82) is 0 Å². The van der Waals surface area contributed by atoms with Crippen LogP contribution in [0.25, 0.3) is 0 Å². The molecule has 6 aliphatic rings. The molecule has 6 aliphatic carbocycles. The number of hydrogen-bond acceptors (Lipinski definition) is 0. The minimum absolute atomic E-state index is 0. The normalized spacial score (nSPS) is 26.1. The first-order valence-electron chi connectivity index (χ1n) is 9.21. The van der Waals surface area contributed by atoms with Gasteiger partial charge < -0.3 is 0 Å². The van der Waals surface area contributed by atoms with E-state index in [2.05, 4.69) is 131 Å². The van der Waals surface area contributed by atoms with Crippen molar-refractivity contribution >= 4 is 0 Å². The smallest absolute Gasteiger partial charge is 0.0124 e. The molecule has 0 aliphatic heterocycles. The van der Waals surface area contributed by atoms with Crippen molar-refractivity contribution in [2.45, 2.75) is 0 Å². The molecule has 0 aromatic carbocycles. The molecule has 3 saturated carbocycles. The molecule has 0 N–H and O–H groups in total. The largest absolute Gasteiger partial charge is 0.0762 e. The first-order valence-corrected chi connectivity index (χ1v) is 9.21. The van der Waals surface area contributed by atoms with Crippen molar-refractivity contribution in [3.63, 3.8) is 0 Å². The fraction of sp³-hybridized carbons (Fsp3) is 0. The molecular weight excluding hydrogens is 463 g/mol. The Hall–Kier alpha value is -0.365. The van der Waals surface area contributed by atoms with E-state index in [1.807, 2.05) is 0 Å². The van der Waals surface area contributed by atoms with Crippen molar-refractivity contribution in [2.75, 3.05) is 0 Å². The van der Waals surface area contributed by atoms with Crippen LogP contribution in [0.15, 0.2) is 72.9 Å². The van der Waals surface area contributed by atoms with E-state index >= 15 is 0 Å². The van der Waals surface area contributed by atoms with Crippen molar-refractivity contribution < 1.29 is 35.6 Å². The molecule has 0 unspecified atom stereocenters. The van der Waals surface area contributed by atoms with Gasteiger partial charge in [0, 0.05) is 71.1 Å². The van der Waals surface area contributed by atoms with Gasteiger partial charge in [-0.05, 0) is 57.8 Å². The average molecular weight is 484 g/mol. The van der Waals surface area contributed by atoms with E-state index in [1.54, 1.807) is 0 Å². The van der Waals surface area contributed by atoms with Crippen molar-refractivity contribution in [3.05, 3.63) is 166 Å². The van der Waals surface area contributed by atoms with Gasteiger partial charge >= 0.3 is 0 Å². The fourth-order valence-electron chi connectivity index (χ4n) is 3.21. The zero-order chi connectivity index (χ0) is 18.3. The molecule has 6 rings (SSSR count). The predicted octanol–water partition coefficient (Wildman–Crippen LogP) is 5.66. The van der Waals surface area contributed by atoms with Crippen LogP contribution in [0.1, 0.15) is 0 Å². The van der Waals surface area contributed by atoms with E-state index in [0.717, 1.165) is 0 Å². The Balaban J connectivity index is 0.000000118. The molecule has 0 nitrogen and oxygen atoms in total. The van der Waals surface area contributed by atoms with Crippen molar-refractivity contribution in [1.82, 2.24) is 0 Å². The standard InChI is InChI=1S/3C9H7.La/c3*1-2-5-9-7-3-6-8(9)4-1;/h3*1-7H;. The van der Waals surface area contributed by atoms with Crippen molar-refractivity contribution in [2.24, 2.45) is 0 Å². The van der Waals surface area contributed by atoms with Gasteiger partial charge in [0.25, 0.3) is 0 Å². The Labute approximate surface area is 200 Å². The van der Waals surface area contributed by atoms with Crippen LogP contribution in [0.3, 0.4) is 0 Å². The molecule has 0 aromatic heterocycles. The third-order valence-electron chi connectivity index (χ3n) is 4.64. The fourth-order valence-corrected chi connectivity index (χ4v) is 3.21. The number of hydrogen-bond donors (Lipinski definition) is 0.